The van der Waals surface area contributed by atoms with Crippen LogP contribution >= 0.6 is 11.6 Å². The van der Waals surface area contributed by atoms with Crippen molar-refractivity contribution in [3.8, 4) is 0 Å². The normalized spacial score (nSPS) is 29.4. The van der Waals surface area contributed by atoms with Gasteiger partial charge in [0.2, 0.25) is 0 Å². The van der Waals surface area contributed by atoms with E-state index < -0.39 is 0 Å². The second-order valence-electron chi connectivity index (χ2n) is 1.62. The Balaban J connectivity index is 2.42. The Hall–Kier alpha value is -0.240. The van der Waals surface area contributed by atoms with Crippen LogP contribution in [0.1, 0.15) is 0 Å². The summed E-state index contributed by atoms with van der Waals surface area (Å²) in [5.74, 6) is 0. The van der Waals surface area contributed by atoms with E-state index in [4.69, 9.17) is 11.6 Å². The maximum absolute atomic E-state index is 5.62. The molecular weight excluding hydrogens is 112 g/mol. The average Bonchev–Trinajstić information content (AvgIpc) is 1.87. The number of alkyl halides is 1. The Morgan fingerprint density at radius 3 is 2.86 bits per heavy atom. The highest BCUT2D eigenvalue weighted by Crippen LogP contribution is 2.02. The molecule has 0 saturated heterocycles. The summed E-state index contributed by atoms with van der Waals surface area (Å²) in [6.45, 7) is 0.849. The van der Waals surface area contributed by atoms with Crippen LogP contribution in [0.3, 0.4) is 0 Å². The fraction of sp³-hybridized carbons (Fsp3) is 0.750. The molecule has 1 heterocycles. The van der Waals surface area contributed by atoms with Crippen molar-refractivity contribution in [1.29, 1.82) is 0 Å². The lowest BCUT2D eigenvalue weighted by Gasteiger charge is -2.02. The van der Waals surface area contributed by atoms with Gasteiger partial charge < -0.3 is 0 Å². The number of nitrogens with zero attached hydrogens (tertiary/aromatic N) is 2. The number of rotatable bonds is 0. The van der Waals surface area contributed by atoms with Crippen LogP contribution in [0.2, 0.25) is 0 Å². The van der Waals surface area contributed by atoms with Gasteiger partial charge in [0.25, 0.3) is 0 Å². The summed E-state index contributed by atoms with van der Waals surface area (Å²) in [5, 5.41) is 5.84. The molecule has 40 valence electrons. The molecule has 0 amide bonds. The molecule has 0 fully saturated rings. The summed E-state index contributed by atoms with van der Waals surface area (Å²) in [6.07, 6.45) is 1.74. The quantitative estimate of drug-likeness (QED) is 0.424. The van der Waals surface area contributed by atoms with Gasteiger partial charge in [0.1, 0.15) is 0 Å². The van der Waals surface area contributed by atoms with E-state index in [0.29, 0.717) is 0 Å². The summed E-state index contributed by atoms with van der Waals surface area (Å²) in [7, 11) is 1.90. The fourth-order valence-corrected chi connectivity index (χ4v) is 0.783. The standard InChI is InChI=1S/C4H7ClN2/c1-7-3-4(5)2-6-7/h2,4H,3H2,1H3. The van der Waals surface area contributed by atoms with Crippen molar-refractivity contribution in [2.24, 2.45) is 5.10 Å². The van der Waals surface area contributed by atoms with Gasteiger partial charge in [-0.15, -0.1) is 11.6 Å². The molecule has 0 spiro atoms. The topological polar surface area (TPSA) is 15.6 Å². The van der Waals surface area contributed by atoms with Crippen molar-refractivity contribution in [1.82, 2.24) is 5.01 Å². The molecule has 0 aliphatic carbocycles. The fourth-order valence-electron chi connectivity index (χ4n) is 0.533. The highest BCUT2D eigenvalue weighted by molar-refractivity contribution is 6.28. The second-order valence-corrected chi connectivity index (χ2v) is 2.18. The van der Waals surface area contributed by atoms with E-state index in [-0.39, 0.29) is 5.38 Å². The molecule has 0 aromatic carbocycles. The Morgan fingerprint density at radius 1 is 2.00 bits per heavy atom. The van der Waals surface area contributed by atoms with Gasteiger partial charge in [-0.25, -0.2) is 0 Å². The van der Waals surface area contributed by atoms with Gasteiger partial charge in [0.05, 0.1) is 11.9 Å². The highest BCUT2D eigenvalue weighted by atomic mass is 35.5. The number of hydrogen-bond donors (Lipinski definition) is 0. The van der Waals surface area contributed by atoms with Crippen LogP contribution in [0.5, 0.6) is 0 Å². The van der Waals surface area contributed by atoms with Crippen LogP contribution in [0, 0.1) is 0 Å². The van der Waals surface area contributed by atoms with Gasteiger partial charge >= 0.3 is 0 Å². The maximum Gasteiger partial charge on any atom is 0.0896 e. The molecule has 7 heavy (non-hydrogen) atoms. The minimum Gasteiger partial charge on any atom is -0.299 e. The van der Waals surface area contributed by atoms with Crippen molar-refractivity contribution < 1.29 is 0 Å². The van der Waals surface area contributed by atoms with E-state index in [1.165, 1.54) is 0 Å². The van der Waals surface area contributed by atoms with Gasteiger partial charge in [-0.1, -0.05) is 0 Å². The molecule has 1 unspecified atom stereocenters. The summed E-state index contributed by atoms with van der Waals surface area (Å²) < 4.78 is 0. The molecule has 0 aromatic heterocycles. The van der Waals surface area contributed by atoms with Gasteiger partial charge in [-0.2, -0.15) is 5.10 Å². The monoisotopic (exact) mass is 118 g/mol. The highest BCUT2D eigenvalue weighted by Gasteiger charge is 2.08. The van der Waals surface area contributed by atoms with E-state index in [1.807, 2.05) is 12.1 Å². The Labute approximate surface area is 47.8 Å². The molecule has 0 N–H and O–H groups in total. The predicted octanol–water partition coefficient (Wildman–Crippen LogP) is 0.525. The number of hydrazone groups is 1. The minimum absolute atomic E-state index is 0.130. The van der Waals surface area contributed by atoms with Crippen LogP contribution in [0.15, 0.2) is 5.10 Å². The molecule has 1 aliphatic rings. The molecule has 2 nitrogen and oxygen atoms in total. The molecular formula is C4H7ClN2. The molecule has 1 atom stereocenters. The second kappa shape index (κ2) is 1.70. The molecule has 0 bridgehead atoms. The lowest BCUT2D eigenvalue weighted by molar-refractivity contribution is 0.394. The predicted molar refractivity (Wildman–Crippen MR) is 30.8 cm³/mol. The van der Waals surface area contributed by atoms with Gasteiger partial charge in [-0.05, 0) is 0 Å². The van der Waals surface area contributed by atoms with E-state index in [1.54, 1.807) is 6.21 Å². The summed E-state index contributed by atoms with van der Waals surface area (Å²) in [5.41, 5.74) is 0. The van der Waals surface area contributed by atoms with Crippen LogP contribution in [0.4, 0.5) is 0 Å². The van der Waals surface area contributed by atoms with E-state index in [0.717, 1.165) is 6.54 Å². The van der Waals surface area contributed by atoms with Crippen LogP contribution in [0.25, 0.3) is 0 Å². The first kappa shape index (κ1) is 4.91. The molecule has 1 aliphatic heterocycles. The Bertz CT molecular complexity index is 81.7. The van der Waals surface area contributed by atoms with Gasteiger partial charge in [0, 0.05) is 13.3 Å². The average molecular weight is 119 g/mol. The summed E-state index contributed by atoms with van der Waals surface area (Å²) >= 11 is 5.62. The first-order valence-electron chi connectivity index (χ1n) is 2.18. The Kier molecular flexibility index (Phi) is 1.19. The lowest BCUT2D eigenvalue weighted by atomic mass is 10.5. The third-order valence-electron chi connectivity index (χ3n) is 0.864. The summed E-state index contributed by atoms with van der Waals surface area (Å²) in [6, 6.07) is 0. The molecule has 3 heteroatoms. The zero-order chi connectivity index (χ0) is 5.28. The van der Waals surface area contributed by atoms with Crippen molar-refractivity contribution in [2.45, 2.75) is 5.38 Å². The lowest BCUT2D eigenvalue weighted by Crippen LogP contribution is -2.12. The summed E-state index contributed by atoms with van der Waals surface area (Å²) in [4.78, 5) is 0. The third-order valence-corrected chi connectivity index (χ3v) is 1.11. The zero-order valence-electron chi connectivity index (χ0n) is 4.13. The van der Waals surface area contributed by atoms with Crippen LogP contribution in [-0.4, -0.2) is 30.2 Å². The first-order chi connectivity index (χ1) is 3.29. The van der Waals surface area contributed by atoms with E-state index in [9.17, 15) is 0 Å². The maximum atomic E-state index is 5.62. The first-order valence-corrected chi connectivity index (χ1v) is 2.62. The van der Waals surface area contributed by atoms with Gasteiger partial charge in [0.15, 0.2) is 0 Å². The molecule has 0 radical (unpaired) electrons. The van der Waals surface area contributed by atoms with E-state index >= 15 is 0 Å². The smallest absolute Gasteiger partial charge is 0.0896 e. The number of halogens is 1. The van der Waals surface area contributed by atoms with Crippen LogP contribution in [-0.2, 0) is 0 Å². The SMILES string of the molecule is CN1CC(Cl)C=N1. The van der Waals surface area contributed by atoms with Crippen molar-refractivity contribution in [2.75, 3.05) is 13.6 Å². The third kappa shape index (κ3) is 1.06. The minimum atomic E-state index is 0.130. The van der Waals surface area contributed by atoms with Crippen molar-refractivity contribution >= 4 is 17.8 Å². The zero-order valence-corrected chi connectivity index (χ0v) is 4.89. The van der Waals surface area contributed by atoms with Crippen LogP contribution < -0.4 is 0 Å². The number of hydrogen-bond acceptors (Lipinski definition) is 2. The molecule has 0 saturated carbocycles. The molecule has 0 aromatic rings. The largest absolute Gasteiger partial charge is 0.299 e. The van der Waals surface area contributed by atoms with Crippen molar-refractivity contribution in [3.05, 3.63) is 0 Å². The molecule has 1 rings (SSSR count). The van der Waals surface area contributed by atoms with E-state index in [2.05, 4.69) is 5.10 Å². The van der Waals surface area contributed by atoms with Crippen molar-refractivity contribution in [3.63, 3.8) is 0 Å². The van der Waals surface area contributed by atoms with Gasteiger partial charge in [-0.3, -0.25) is 5.01 Å². The Morgan fingerprint density at radius 2 is 2.71 bits per heavy atom.